The van der Waals surface area contributed by atoms with E-state index in [1.54, 1.807) is 7.11 Å². The first-order chi connectivity index (χ1) is 15.0. The normalized spacial score (nSPS) is 12.3. The minimum absolute atomic E-state index is 0.386. The number of hydrogen-bond acceptors (Lipinski definition) is 5. The highest BCUT2D eigenvalue weighted by Crippen LogP contribution is 2.31. The van der Waals surface area contributed by atoms with E-state index in [0.717, 1.165) is 22.7 Å². The summed E-state index contributed by atoms with van der Waals surface area (Å²) in [4.78, 5) is 2.19. The quantitative estimate of drug-likeness (QED) is 0.492. The molecule has 0 amide bonds. The van der Waals surface area contributed by atoms with Crippen LogP contribution in [-0.4, -0.2) is 52.7 Å². The van der Waals surface area contributed by atoms with E-state index in [4.69, 9.17) is 14.6 Å². The van der Waals surface area contributed by atoms with Gasteiger partial charge in [-0.05, 0) is 44.5 Å². The summed E-state index contributed by atoms with van der Waals surface area (Å²) >= 11 is 0. The van der Waals surface area contributed by atoms with Gasteiger partial charge in [0.25, 0.3) is 0 Å². The zero-order chi connectivity index (χ0) is 22.2. The van der Waals surface area contributed by atoms with Crippen molar-refractivity contribution in [1.29, 1.82) is 0 Å². The van der Waals surface area contributed by atoms with Crippen molar-refractivity contribution < 1.29 is 14.6 Å². The second-order valence-corrected chi connectivity index (χ2v) is 7.82. The summed E-state index contributed by atoms with van der Waals surface area (Å²) in [6, 6.07) is 18.0. The molecule has 0 unspecified atom stereocenters. The Hall–Kier alpha value is -2.67. The van der Waals surface area contributed by atoms with E-state index in [9.17, 15) is 5.11 Å². The third-order valence-corrected chi connectivity index (χ3v) is 5.31. The zero-order valence-corrected chi connectivity index (χ0v) is 18.9. The predicted octanol–water partition coefficient (Wildman–Crippen LogP) is 4.50. The maximum absolute atomic E-state index is 10.3. The van der Waals surface area contributed by atoms with Crippen molar-refractivity contribution in [2.45, 2.75) is 39.8 Å². The molecule has 3 rings (SSSR count). The molecule has 1 atom stereocenters. The predicted molar refractivity (Wildman–Crippen MR) is 123 cm³/mol. The van der Waals surface area contributed by atoms with Crippen molar-refractivity contribution in [3.05, 3.63) is 71.4 Å². The molecule has 0 aliphatic carbocycles. The summed E-state index contributed by atoms with van der Waals surface area (Å²) in [6.07, 6.45) is 0.321. The van der Waals surface area contributed by atoms with Gasteiger partial charge in [-0.25, -0.2) is 4.68 Å². The van der Waals surface area contributed by atoms with Gasteiger partial charge in [-0.2, -0.15) is 5.10 Å². The molecular weight excluding hydrogens is 390 g/mol. The maximum atomic E-state index is 10.3. The Kier molecular flexibility index (Phi) is 8.23. The molecule has 166 valence electrons. The van der Waals surface area contributed by atoms with E-state index in [1.807, 2.05) is 73.1 Å². The number of methoxy groups -OCH3 is 1. The molecule has 3 aromatic rings. The van der Waals surface area contributed by atoms with E-state index in [2.05, 4.69) is 11.8 Å². The minimum atomic E-state index is -0.386. The van der Waals surface area contributed by atoms with Gasteiger partial charge in [0.2, 0.25) is 5.88 Å². The molecule has 0 spiro atoms. The maximum Gasteiger partial charge on any atom is 0.227 e. The summed E-state index contributed by atoms with van der Waals surface area (Å²) in [5.41, 5.74) is 4.03. The number of aryl methyl sites for hydroxylation is 2. The van der Waals surface area contributed by atoms with Crippen molar-refractivity contribution in [3.63, 3.8) is 0 Å². The molecule has 1 heterocycles. The Morgan fingerprint density at radius 2 is 1.77 bits per heavy atom. The van der Waals surface area contributed by atoms with Gasteiger partial charge >= 0.3 is 0 Å². The minimum Gasteiger partial charge on any atom is -0.439 e. The lowest BCUT2D eigenvalue weighted by Crippen LogP contribution is -2.34. The SMILES string of the molecule is CC[C@@H](O)CN(CCOC)Cc1c(C)nn(-c2ccccc2)c1Oc1ccc(C)cc1. The molecule has 0 bridgehead atoms. The summed E-state index contributed by atoms with van der Waals surface area (Å²) in [7, 11) is 1.69. The fourth-order valence-corrected chi connectivity index (χ4v) is 3.39. The van der Waals surface area contributed by atoms with E-state index in [0.29, 0.717) is 38.5 Å². The molecule has 0 saturated heterocycles. The van der Waals surface area contributed by atoms with Crippen LogP contribution in [0.5, 0.6) is 11.6 Å². The van der Waals surface area contributed by atoms with Gasteiger partial charge in [0.1, 0.15) is 5.75 Å². The fourth-order valence-electron chi connectivity index (χ4n) is 3.39. The van der Waals surface area contributed by atoms with Crippen molar-refractivity contribution in [2.75, 3.05) is 26.8 Å². The highest BCUT2D eigenvalue weighted by atomic mass is 16.5. The van der Waals surface area contributed by atoms with Crippen LogP contribution in [0.3, 0.4) is 0 Å². The van der Waals surface area contributed by atoms with Crippen LogP contribution in [0, 0.1) is 13.8 Å². The largest absolute Gasteiger partial charge is 0.439 e. The number of benzene rings is 2. The van der Waals surface area contributed by atoms with Crippen LogP contribution in [0.25, 0.3) is 5.69 Å². The van der Waals surface area contributed by atoms with Crippen molar-refractivity contribution >= 4 is 0 Å². The second kappa shape index (κ2) is 11.1. The first kappa shape index (κ1) is 23.0. The number of aromatic nitrogens is 2. The molecule has 31 heavy (non-hydrogen) atoms. The van der Waals surface area contributed by atoms with Crippen LogP contribution in [0.15, 0.2) is 54.6 Å². The summed E-state index contributed by atoms with van der Waals surface area (Å²) in [5.74, 6) is 1.46. The number of rotatable bonds is 11. The van der Waals surface area contributed by atoms with Crippen LogP contribution < -0.4 is 4.74 Å². The number of para-hydroxylation sites is 1. The average molecular weight is 424 g/mol. The highest BCUT2D eigenvalue weighted by Gasteiger charge is 2.22. The number of aliphatic hydroxyl groups is 1. The lowest BCUT2D eigenvalue weighted by molar-refractivity contribution is 0.0825. The van der Waals surface area contributed by atoms with Crippen LogP contribution in [0.2, 0.25) is 0 Å². The third-order valence-electron chi connectivity index (χ3n) is 5.31. The molecule has 0 aliphatic heterocycles. The van der Waals surface area contributed by atoms with Crippen LogP contribution in [0.1, 0.15) is 30.2 Å². The zero-order valence-electron chi connectivity index (χ0n) is 18.9. The van der Waals surface area contributed by atoms with E-state index in [-0.39, 0.29) is 6.10 Å². The van der Waals surface area contributed by atoms with Gasteiger partial charge in [-0.1, -0.05) is 42.8 Å². The van der Waals surface area contributed by atoms with Gasteiger partial charge in [0.05, 0.1) is 29.7 Å². The van der Waals surface area contributed by atoms with Gasteiger partial charge in [-0.3, -0.25) is 4.90 Å². The average Bonchev–Trinajstić information content (AvgIpc) is 3.09. The first-order valence-electron chi connectivity index (χ1n) is 10.8. The smallest absolute Gasteiger partial charge is 0.227 e. The Morgan fingerprint density at radius 1 is 1.06 bits per heavy atom. The lowest BCUT2D eigenvalue weighted by Gasteiger charge is -2.24. The summed E-state index contributed by atoms with van der Waals surface area (Å²) in [6.45, 7) is 8.54. The number of nitrogens with zero attached hydrogens (tertiary/aromatic N) is 3. The van der Waals surface area contributed by atoms with E-state index < -0.39 is 0 Å². The molecule has 2 aromatic carbocycles. The molecule has 0 radical (unpaired) electrons. The Bertz CT molecular complexity index is 939. The van der Waals surface area contributed by atoms with Gasteiger partial charge < -0.3 is 14.6 Å². The molecule has 6 nitrogen and oxygen atoms in total. The van der Waals surface area contributed by atoms with Crippen molar-refractivity contribution in [2.24, 2.45) is 0 Å². The first-order valence-corrected chi connectivity index (χ1v) is 10.8. The summed E-state index contributed by atoms with van der Waals surface area (Å²) in [5, 5.41) is 15.1. The van der Waals surface area contributed by atoms with Gasteiger partial charge in [0, 0.05) is 26.7 Å². The molecular formula is C25H33N3O3. The van der Waals surface area contributed by atoms with E-state index in [1.165, 1.54) is 5.56 Å². The molecule has 0 aliphatic rings. The number of hydrogen-bond donors (Lipinski definition) is 1. The van der Waals surface area contributed by atoms with Crippen molar-refractivity contribution in [1.82, 2.24) is 14.7 Å². The van der Waals surface area contributed by atoms with Crippen LogP contribution >= 0.6 is 0 Å². The van der Waals surface area contributed by atoms with Crippen molar-refractivity contribution in [3.8, 4) is 17.3 Å². The fraction of sp³-hybridized carbons (Fsp3) is 0.400. The Labute approximate surface area is 185 Å². The second-order valence-electron chi connectivity index (χ2n) is 7.82. The van der Waals surface area contributed by atoms with Gasteiger partial charge in [-0.15, -0.1) is 0 Å². The van der Waals surface area contributed by atoms with Gasteiger partial charge in [0.15, 0.2) is 0 Å². The van der Waals surface area contributed by atoms with Crippen LogP contribution in [-0.2, 0) is 11.3 Å². The monoisotopic (exact) mass is 423 g/mol. The molecule has 0 fully saturated rings. The number of aliphatic hydroxyl groups excluding tert-OH is 1. The molecule has 6 heteroatoms. The highest BCUT2D eigenvalue weighted by molar-refractivity contribution is 5.43. The molecule has 1 N–H and O–H groups in total. The summed E-state index contributed by atoms with van der Waals surface area (Å²) < 4.78 is 13.5. The Balaban J connectivity index is 1.99. The standard InChI is InChI=1S/C25H33N3O3/c1-5-22(29)17-27(15-16-30-4)18-24-20(3)26-28(21-9-7-6-8-10-21)25(24)31-23-13-11-19(2)12-14-23/h6-14,22,29H,5,15-18H2,1-4H3/t22-/m1/s1. The van der Waals surface area contributed by atoms with Crippen LogP contribution in [0.4, 0.5) is 0 Å². The lowest BCUT2D eigenvalue weighted by atomic mass is 10.2. The third kappa shape index (κ3) is 6.17. The Morgan fingerprint density at radius 3 is 2.42 bits per heavy atom. The topological polar surface area (TPSA) is 59.8 Å². The molecule has 0 saturated carbocycles. The van der Waals surface area contributed by atoms with E-state index >= 15 is 0 Å². The molecule has 1 aromatic heterocycles. The number of ether oxygens (including phenoxy) is 2.